The molecule has 3 atom stereocenters. The molecule has 1 N–H and O–H groups in total. The molecule has 18 heavy (non-hydrogen) atoms. The van der Waals surface area contributed by atoms with E-state index >= 15 is 0 Å². The lowest BCUT2D eigenvalue weighted by Crippen LogP contribution is -2.34. The number of hydrogen-bond donors (Lipinski definition) is 1. The van der Waals surface area contributed by atoms with E-state index in [0.29, 0.717) is 5.92 Å². The number of likely N-dealkylation sites (tertiary alicyclic amines) is 1. The molecule has 2 fully saturated rings. The van der Waals surface area contributed by atoms with Crippen LogP contribution in [-0.2, 0) is 4.79 Å². The molecular formula is C14H26N2O2. The number of aliphatic carboxylic acids is 1. The third-order valence-electron chi connectivity index (χ3n) is 4.43. The van der Waals surface area contributed by atoms with Gasteiger partial charge in [-0.3, -0.25) is 4.79 Å². The normalized spacial score (nSPS) is 32.7. The van der Waals surface area contributed by atoms with Gasteiger partial charge in [0, 0.05) is 13.1 Å². The molecule has 4 heteroatoms. The first-order chi connectivity index (χ1) is 8.56. The van der Waals surface area contributed by atoms with Crippen LogP contribution in [0, 0.1) is 17.8 Å². The Morgan fingerprint density at radius 1 is 1.50 bits per heavy atom. The van der Waals surface area contributed by atoms with Crippen molar-refractivity contribution in [2.45, 2.75) is 25.7 Å². The second kappa shape index (κ2) is 6.02. The molecule has 0 aromatic heterocycles. The predicted molar refractivity (Wildman–Crippen MR) is 71.6 cm³/mol. The van der Waals surface area contributed by atoms with Crippen LogP contribution in [0.5, 0.6) is 0 Å². The minimum absolute atomic E-state index is 0.0618. The Kier molecular flexibility index (Phi) is 4.62. The van der Waals surface area contributed by atoms with Crippen LogP contribution >= 0.6 is 0 Å². The number of carboxylic acids is 1. The van der Waals surface area contributed by atoms with Crippen molar-refractivity contribution < 1.29 is 9.90 Å². The summed E-state index contributed by atoms with van der Waals surface area (Å²) in [4.78, 5) is 15.5. The molecule has 1 saturated carbocycles. The Morgan fingerprint density at radius 3 is 2.89 bits per heavy atom. The number of carbonyl (C=O) groups is 1. The maximum absolute atomic E-state index is 10.8. The smallest absolute Gasteiger partial charge is 0.306 e. The maximum atomic E-state index is 10.8. The van der Waals surface area contributed by atoms with E-state index in [1.54, 1.807) is 0 Å². The molecule has 1 aliphatic carbocycles. The molecule has 0 amide bonds. The molecule has 4 nitrogen and oxygen atoms in total. The Hall–Kier alpha value is -0.610. The van der Waals surface area contributed by atoms with Gasteiger partial charge in [0.25, 0.3) is 0 Å². The highest BCUT2D eigenvalue weighted by Crippen LogP contribution is 2.39. The summed E-state index contributed by atoms with van der Waals surface area (Å²) in [6.45, 7) is 4.55. The van der Waals surface area contributed by atoms with Crippen molar-refractivity contribution in [1.82, 2.24) is 9.80 Å². The van der Waals surface area contributed by atoms with Crippen LogP contribution in [0.4, 0.5) is 0 Å². The molecule has 2 aliphatic rings. The van der Waals surface area contributed by atoms with Gasteiger partial charge in [0.05, 0.1) is 5.92 Å². The van der Waals surface area contributed by atoms with Gasteiger partial charge in [-0.1, -0.05) is 0 Å². The van der Waals surface area contributed by atoms with E-state index in [0.717, 1.165) is 25.4 Å². The van der Waals surface area contributed by atoms with E-state index in [1.807, 2.05) is 0 Å². The standard InChI is InChI=1S/C14H26N2O2/c1-15-6-3-4-11(9-15)5-7-16(2)10-12-8-13(12)14(17)18/h11-13H,3-10H2,1-2H3,(H,17,18). The first-order valence-corrected chi connectivity index (χ1v) is 7.16. The summed E-state index contributed by atoms with van der Waals surface area (Å²) in [7, 11) is 4.33. The first kappa shape index (κ1) is 13.8. The van der Waals surface area contributed by atoms with Crippen molar-refractivity contribution in [2.75, 3.05) is 40.3 Å². The van der Waals surface area contributed by atoms with E-state index in [1.165, 1.54) is 32.4 Å². The fraction of sp³-hybridized carbons (Fsp3) is 0.929. The average molecular weight is 254 g/mol. The summed E-state index contributed by atoms with van der Waals surface area (Å²) in [5.41, 5.74) is 0. The van der Waals surface area contributed by atoms with Crippen LogP contribution in [0.3, 0.4) is 0 Å². The third kappa shape index (κ3) is 3.95. The number of hydrogen-bond acceptors (Lipinski definition) is 3. The minimum Gasteiger partial charge on any atom is -0.481 e. The molecule has 1 saturated heterocycles. The molecular weight excluding hydrogens is 228 g/mol. The summed E-state index contributed by atoms with van der Waals surface area (Å²) < 4.78 is 0. The van der Waals surface area contributed by atoms with Gasteiger partial charge < -0.3 is 14.9 Å². The molecule has 1 heterocycles. The highest BCUT2D eigenvalue weighted by molar-refractivity contribution is 5.73. The van der Waals surface area contributed by atoms with Crippen LogP contribution in [0.1, 0.15) is 25.7 Å². The second-order valence-electron chi connectivity index (χ2n) is 6.26. The molecule has 2 rings (SSSR count). The summed E-state index contributed by atoms with van der Waals surface area (Å²) in [5.74, 6) is 0.567. The zero-order valence-electron chi connectivity index (χ0n) is 11.6. The Morgan fingerprint density at radius 2 is 2.28 bits per heavy atom. The van der Waals surface area contributed by atoms with Gasteiger partial charge in [-0.2, -0.15) is 0 Å². The predicted octanol–water partition coefficient (Wildman–Crippen LogP) is 1.37. The highest BCUT2D eigenvalue weighted by Gasteiger charge is 2.43. The number of rotatable bonds is 6. The third-order valence-corrected chi connectivity index (χ3v) is 4.43. The quantitative estimate of drug-likeness (QED) is 0.777. The van der Waals surface area contributed by atoms with E-state index in [4.69, 9.17) is 5.11 Å². The van der Waals surface area contributed by atoms with Crippen molar-refractivity contribution >= 4 is 5.97 Å². The fourth-order valence-electron chi connectivity index (χ4n) is 3.16. The maximum Gasteiger partial charge on any atom is 0.306 e. The van der Waals surface area contributed by atoms with E-state index in [9.17, 15) is 4.79 Å². The van der Waals surface area contributed by atoms with Crippen molar-refractivity contribution in [3.8, 4) is 0 Å². The van der Waals surface area contributed by atoms with Crippen molar-refractivity contribution in [2.24, 2.45) is 17.8 Å². The molecule has 104 valence electrons. The van der Waals surface area contributed by atoms with Gasteiger partial charge in [-0.25, -0.2) is 0 Å². The van der Waals surface area contributed by atoms with Crippen LogP contribution in [0.2, 0.25) is 0 Å². The zero-order valence-corrected chi connectivity index (χ0v) is 11.6. The summed E-state index contributed by atoms with van der Waals surface area (Å²) in [6, 6.07) is 0. The molecule has 0 aromatic rings. The van der Waals surface area contributed by atoms with Crippen molar-refractivity contribution in [3.05, 3.63) is 0 Å². The van der Waals surface area contributed by atoms with E-state index < -0.39 is 5.97 Å². The number of nitrogens with zero attached hydrogens (tertiary/aromatic N) is 2. The lowest BCUT2D eigenvalue weighted by atomic mass is 9.95. The van der Waals surface area contributed by atoms with Crippen molar-refractivity contribution in [3.63, 3.8) is 0 Å². The van der Waals surface area contributed by atoms with Crippen LogP contribution in [0.15, 0.2) is 0 Å². The van der Waals surface area contributed by atoms with Gasteiger partial charge in [-0.15, -0.1) is 0 Å². The van der Waals surface area contributed by atoms with Gasteiger partial charge in [0.2, 0.25) is 0 Å². The minimum atomic E-state index is -0.609. The Labute approximate surface area is 110 Å². The topological polar surface area (TPSA) is 43.8 Å². The van der Waals surface area contributed by atoms with E-state index in [-0.39, 0.29) is 5.92 Å². The Bertz CT molecular complexity index is 296. The number of piperidine rings is 1. The number of carboxylic acid groups (broad SMARTS) is 1. The van der Waals surface area contributed by atoms with Crippen molar-refractivity contribution in [1.29, 1.82) is 0 Å². The summed E-state index contributed by atoms with van der Waals surface area (Å²) in [5, 5.41) is 8.88. The fourth-order valence-corrected chi connectivity index (χ4v) is 3.16. The van der Waals surface area contributed by atoms with Crippen LogP contribution in [-0.4, -0.2) is 61.2 Å². The van der Waals surface area contributed by atoms with Gasteiger partial charge >= 0.3 is 5.97 Å². The molecule has 1 aliphatic heterocycles. The average Bonchev–Trinajstić information content (AvgIpc) is 3.06. The lowest BCUT2D eigenvalue weighted by Gasteiger charge is -2.30. The lowest BCUT2D eigenvalue weighted by molar-refractivity contribution is -0.138. The van der Waals surface area contributed by atoms with Crippen LogP contribution < -0.4 is 0 Å². The SMILES string of the molecule is CN1CCCC(CCN(C)CC2CC2C(=O)O)C1. The van der Waals surface area contributed by atoms with Gasteiger partial charge in [-0.05, 0) is 64.7 Å². The van der Waals surface area contributed by atoms with E-state index in [2.05, 4.69) is 23.9 Å². The summed E-state index contributed by atoms with van der Waals surface area (Å²) >= 11 is 0. The monoisotopic (exact) mass is 254 g/mol. The molecule has 0 radical (unpaired) electrons. The zero-order chi connectivity index (χ0) is 13.1. The van der Waals surface area contributed by atoms with Crippen LogP contribution in [0.25, 0.3) is 0 Å². The van der Waals surface area contributed by atoms with Gasteiger partial charge in [0.1, 0.15) is 0 Å². The molecule has 3 unspecified atom stereocenters. The Balaban J connectivity index is 1.60. The summed E-state index contributed by atoms with van der Waals surface area (Å²) in [6.07, 6.45) is 4.82. The highest BCUT2D eigenvalue weighted by atomic mass is 16.4. The van der Waals surface area contributed by atoms with Gasteiger partial charge in [0.15, 0.2) is 0 Å². The molecule has 0 bridgehead atoms. The largest absolute Gasteiger partial charge is 0.481 e. The molecule has 0 spiro atoms. The molecule has 0 aromatic carbocycles. The second-order valence-corrected chi connectivity index (χ2v) is 6.26. The first-order valence-electron chi connectivity index (χ1n) is 7.16.